The van der Waals surface area contributed by atoms with E-state index >= 15 is 0 Å². The molecule has 2 aliphatic rings. The average Bonchev–Trinajstić information content (AvgIpc) is 2.70. The minimum Gasteiger partial charge on any atom is -0.314 e. The largest absolute Gasteiger partial charge is 0.314 e. The molecule has 2 heteroatoms. The van der Waals surface area contributed by atoms with Crippen molar-refractivity contribution < 1.29 is 0 Å². The molecule has 0 bridgehead atoms. The van der Waals surface area contributed by atoms with Crippen molar-refractivity contribution in [2.75, 3.05) is 19.6 Å². The number of rotatable bonds is 4. The van der Waals surface area contributed by atoms with Gasteiger partial charge < -0.3 is 10.2 Å². The van der Waals surface area contributed by atoms with E-state index in [0.717, 1.165) is 18.0 Å². The average molecular weight is 238 g/mol. The Balaban J connectivity index is 1.67. The predicted octanol–water partition coefficient (Wildman–Crippen LogP) is 3.03. The molecule has 2 nitrogen and oxygen atoms in total. The van der Waals surface area contributed by atoms with Gasteiger partial charge in [0.15, 0.2) is 0 Å². The molecular formula is C15H30N2. The number of hydrogen-bond acceptors (Lipinski definition) is 2. The maximum Gasteiger partial charge on any atom is 0.00798 e. The number of nitrogens with zero attached hydrogens (tertiary/aromatic N) is 1. The zero-order valence-electron chi connectivity index (χ0n) is 11.8. The number of nitrogens with one attached hydrogen (secondary N) is 1. The highest BCUT2D eigenvalue weighted by Crippen LogP contribution is 2.24. The molecule has 1 saturated heterocycles. The second kappa shape index (κ2) is 6.75. The molecule has 0 aromatic carbocycles. The highest BCUT2D eigenvalue weighted by molar-refractivity contribution is 4.78. The van der Waals surface area contributed by atoms with Crippen LogP contribution in [0.3, 0.4) is 0 Å². The van der Waals surface area contributed by atoms with Crippen molar-refractivity contribution in [3.8, 4) is 0 Å². The van der Waals surface area contributed by atoms with Crippen molar-refractivity contribution >= 4 is 0 Å². The number of likely N-dealkylation sites (tertiary alicyclic amines) is 1. The van der Waals surface area contributed by atoms with Crippen LogP contribution in [-0.2, 0) is 0 Å². The molecular weight excluding hydrogens is 208 g/mol. The number of hydrogen-bond donors (Lipinski definition) is 1. The highest BCUT2D eigenvalue weighted by atomic mass is 15.1. The highest BCUT2D eigenvalue weighted by Gasteiger charge is 2.20. The molecule has 0 aromatic rings. The zero-order chi connectivity index (χ0) is 12.1. The van der Waals surface area contributed by atoms with Crippen molar-refractivity contribution in [2.45, 2.75) is 70.9 Å². The van der Waals surface area contributed by atoms with Crippen molar-refractivity contribution in [3.05, 3.63) is 0 Å². The third-order valence-corrected chi connectivity index (χ3v) is 4.66. The van der Waals surface area contributed by atoms with Gasteiger partial charge in [-0.1, -0.05) is 12.8 Å². The van der Waals surface area contributed by atoms with Crippen molar-refractivity contribution in [1.82, 2.24) is 10.2 Å². The molecule has 17 heavy (non-hydrogen) atoms. The van der Waals surface area contributed by atoms with Crippen LogP contribution in [-0.4, -0.2) is 36.6 Å². The van der Waals surface area contributed by atoms with Crippen molar-refractivity contribution in [2.24, 2.45) is 5.92 Å². The monoisotopic (exact) mass is 238 g/mol. The van der Waals surface area contributed by atoms with Gasteiger partial charge in [-0.25, -0.2) is 0 Å². The molecule has 1 aliphatic carbocycles. The third-order valence-electron chi connectivity index (χ3n) is 4.66. The van der Waals surface area contributed by atoms with E-state index in [1.807, 2.05) is 0 Å². The first-order valence-electron chi connectivity index (χ1n) is 7.73. The van der Waals surface area contributed by atoms with Gasteiger partial charge >= 0.3 is 0 Å². The first-order chi connectivity index (χ1) is 8.25. The molecule has 1 saturated carbocycles. The molecule has 0 amide bonds. The Kier molecular flexibility index (Phi) is 5.30. The van der Waals surface area contributed by atoms with Crippen LogP contribution in [0.2, 0.25) is 0 Å². The van der Waals surface area contributed by atoms with E-state index in [4.69, 9.17) is 0 Å². The van der Waals surface area contributed by atoms with E-state index in [0.29, 0.717) is 0 Å². The van der Waals surface area contributed by atoms with Crippen LogP contribution < -0.4 is 5.32 Å². The molecule has 1 aliphatic heterocycles. The fraction of sp³-hybridized carbons (Fsp3) is 1.00. The fourth-order valence-electron chi connectivity index (χ4n) is 3.39. The summed E-state index contributed by atoms with van der Waals surface area (Å²) in [5.74, 6) is 0.986. The summed E-state index contributed by atoms with van der Waals surface area (Å²) >= 11 is 0. The molecule has 1 heterocycles. The topological polar surface area (TPSA) is 15.3 Å². The van der Waals surface area contributed by atoms with E-state index in [-0.39, 0.29) is 0 Å². The van der Waals surface area contributed by atoms with Gasteiger partial charge in [-0.05, 0) is 71.5 Å². The SMILES string of the molecule is CC(C)N1CCCC(NCC2CCCC2)CC1. The maximum absolute atomic E-state index is 3.84. The fourth-order valence-corrected chi connectivity index (χ4v) is 3.39. The second-order valence-electron chi connectivity index (χ2n) is 6.32. The van der Waals surface area contributed by atoms with Crippen LogP contribution in [0, 0.1) is 5.92 Å². The smallest absolute Gasteiger partial charge is 0.00798 e. The Morgan fingerprint density at radius 1 is 1.00 bits per heavy atom. The molecule has 2 fully saturated rings. The molecule has 2 rings (SSSR count). The molecule has 1 atom stereocenters. The van der Waals surface area contributed by atoms with E-state index in [9.17, 15) is 0 Å². The van der Waals surface area contributed by atoms with Gasteiger partial charge in [0, 0.05) is 12.1 Å². The van der Waals surface area contributed by atoms with Crippen LogP contribution in [0.15, 0.2) is 0 Å². The van der Waals surface area contributed by atoms with Crippen LogP contribution in [0.5, 0.6) is 0 Å². The second-order valence-corrected chi connectivity index (χ2v) is 6.32. The molecule has 0 radical (unpaired) electrons. The van der Waals surface area contributed by atoms with Gasteiger partial charge in [0.25, 0.3) is 0 Å². The third kappa shape index (κ3) is 4.26. The summed E-state index contributed by atoms with van der Waals surface area (Å²) in [6, 6.07) is 1.52. The van der Waals surface area contributed by atoms with E-state index < -0.39 is 0 Å². The lowest BCUT2D eigenvalue weighted by Crippen LogP contribution is -2.35. The van der Waals surface area contributed by atoms with E-state index in [2.05, 4.69) is 24.1 Å². The first kappa shape index (κ1) is 13.4. The van der Waals surface area contributed by atoms with Crippen molar-refractivity contribution in [1.29, 1.82) is 0 Å². The van der Waals surface area contributed by atoms with Gasteiger partial charge in [-0.2, -0.15) is 0 Å². The van der Waals surface area contributed by atoms with Gasteiger partial charge in [-0.3, -0.25) is 0 Å². The van der Waals surface area contributed by atoms with Crippen molar-refractivity contribution in [3.63, 3.8) is 0 Å². The molecule has 0 aromatic heterocycles. The summed E-state index contributed by atoms with van der Waals surface area (Å²) in [4.78, 5) is 2.64. The Bertz CT molecular complexity index is 209. The predicted molar refractivity (Wildman–Crippen MR) is 74.3 cm³/mol. The van der Waals surface area contributed by atoms with Gasteiger partial charge in [-0.15, -0.1) is 0 Å². The lowest BCUT2D eigenvalue weighted by atomic mass is 10.1. The summed E-state index contributed by atoms with van der Waals surface area (Å²) in [7, 11) is 0. The first-order valence-corrected chi connectivity index (χ1v) is 7.73. The lowest BCUT2D eigenvalue weighted by Gasteiger charge is -2.24. The summed E-state index contributed by atoms with van der Waals surface area (Å²) in [5.41, 5.74) is 0. The molecule has 1 unspecified atom stereocenters. The maximum atomic E-state index is 3.84. The van der Waals surface area contributed by atoms with Gasteiger partial charge in [0.1, 0.15) is 0 Å². The van der Waals surface area contributed by atoms with Crippen LogP contribution in [0.25, 0.3) is 0 Å². The molecule has 0 spiro atoms. The van der Waals surface area contributed by atoms with E-state index in [1.165, 1.54) is 64.6 Å². The molecule has 1 N–H and O–H groups in total. The minimum absolute atomic E-state index is 0.726. The van der Waals surface area contributed by atoms with Crippen LogP contribution in [0.4, 0.5) is 0 Å². The summed E-state index contributed by atoms with van der Waals surface area (Å²) < 4.78 is 0. The Morgan fingerprint density at radius 3 is 2.47 bits per heavy atom. The molecule has 100 valence electrons. The van der Waals surface area contributed by atoms with Gasteiger partial charge in [0.05, 0.1) is 0 Å². The summed E-state index contributed by atoms with van der Waals surface area (Å²) in [6.07, 6.45) is 9.99. The standard InChI is InChI=1S/C15H30N2/c1-13(2)17-10-5-8-15(9-11-17)16-12-14-6-3-4-7-14/h13-16H,3-12H2,1-2H3. The Morgan fingerprint density at radius 2 is 1.76 bits per heavy atom. The normalized spacial score (nSPS) is 28.8. The van der Waals surface area contributed by atoms with Gasteiger partial charge in [0.2, 0.25) is 0 Å². The lowest BCUT2D eigenvalue weighted by molar-refractivity contribution is 0.228. The Labute approximate surface area is 107 Å². The van der Waals surface area contributed by atoms with Crippen LogP contribution in [0.1, 0.15) is 58.8 Å². The van der Waals surface area contributed by atoms with E-state index in [1.54, 1.807) is 0 Å². The quantitative estimate of drug-likeness (QED) is 0.810. The summed E-state index contributed by atoms with van der Waals surface area (Å²) in [5, 5.41) is 3.84. The zero-order valence-corrected chi connectivity index (χ0v) is 11.8. The minimum atomic E-state index is 0.726. The van der Waals surface area contributed by atoms with Crippen LogP contribution >= 0.6 is 0 Å². The summed E-state index contributed by atoms with van der Waals surface area (Å²) in [6.45, 7) is 8.53. The Hall–Kier alpha value is -0.0800.